The maximum absolute atomic E-state index is 11.1. The van der Waals surface area contributed by atoms with Crippen LogP contribution in [0, 0.1) is 5.92 Å². The van der Waals surface area contributed by atoms with Crippen molar-refractivity contribution in [3.05, 3.63) is 41.8 Å². The third kappa shape index (κ3) is 9.41. The van der Waals surface area contributed by atoms with Crippen molar-refractivity contribution in [1.82, 2.24) is 9.97 Å². The highest BCUT2D eigenvalue weighted by molar-refractivity contribution is 7.13. The number of hydrogen-bond donors (Lipinski definition) is 0. The van der Waals surface area contributed by atoms with Gasteiger partial charge < -0.3 is 9.47 Å². The largest absolute Gasteiger partial charge is 0.473 e. The number of carbonyl (C=O) groups excluding carboxylic acids is 1. The predicted octanol–water partition coefficient (Wildman–Crippen LogP) is 8.82. The molecule has 2 aromatic heterocycles. The molecule has 1 aliphatic carbocycles. The van der Waals surface area contributed by atoms with Crippen LogP contribution in [-0.2, 0) is 9.53 Å². The number of para-hydroxylation sites is 2. The highest BCUT2D eigenvalue weighted by Gasteiger charge is 2.20. The average Bonchev–Trinajstić information content (AvgIpc) is 3.41. The summed E-state index contributed by atoms with van der Waals surface area (Å²) in [6.07, 6.45) is 4.88. The van der Waals surface area contributed by atoms with E-state index in [-0.39, 0.29) is 53.8 Å². The van der Waals surface area contributed by atoms with E-state index < -0.39 is 0 Å². The van der Waals surface area contributed by atoms with Gasteiger partial charge in [-0.05, 0) is 63.1 Å². The standard InChI is InChI=1S/C15H14N2OS.C9H16O2.4CH4/c1-10(2)18-15-14(13-8-5-9-19-13)16-11-6-3-4-7-12(11)17-15;1-7(2)9(10)11-8-5-3-4-6-8;;;;/h3-10H,1-2H3;7-8H,3-6H2,1-2H3;4*1H4. The molecule has 0 atom stereocenters. The summed E-state index contributed by atoms with van der Waals surface area (Å²) >= 11 is 1.64. The summed E-state index contributed by atoms with van der Waals surface area (Å²) in [6.45, 7) is 7.73. The molecule has 0 N–H and O–H groups in total. The van der Waals surface area contributed by atoms with Crippen LogP contribution in [0.2, 0.25) is 0 Å². The number of thiophene rings is 1. The van der Waals surface area contributed by atoms with Gasteiger partial charge in [-0.1, -0.05) is 61.8 Å². The van der Waals surface area contributed by atoms with Crippen LogP contribution in [0.1, 0.15) is 83.1 Å². The van der Waals surface area contributed by atoms with E-state index in [1.165, 1.54) is 12.8 Å². The van der Waals surface area contributed by atoms with E-state index in [9.17, 15) is 4.79 Å². The first-order valence-electron chi connectivity index (χ1n) is 10.6. The zero-order chi connectivity index (χ0) is 21.5. The maximum atomic E-state index is 11.1. The lowest BCUT2D eigenvalue weighted by atomic mass is 10.2. The van der Waals surface area contributed by atoms with Crippen LogP contribution >= 0.6 is 11.3 Å². The van der Waals surface area contributed by atoms with Crippen LogP contribution in [0.4, 0.5) is 0 Å². The second-order valence-electron chi connectivity index (χ2n) is 8.01. The molecule has 0 radical (unpaired) electrons. The van der Waals surface area contributed by atoms with Gasteiger partial charge in [0.25, 0.3) is 0 Å². The Bertz CT molecular complexity index is 949. The summed E-state index contributed by atoms with van der Waals surface area (Å²) in [5.74, 6) is 0.587. The van der Waals surface area contributed by atoms with E-state index >= 15 is 0 Å². The Hall–Kier alpha value is -2.47. The highest BCUT2D eigenvalue weighted by Crippen LogP contribution is 2.32. The number of carbonyl (C=O) groups is 1. The lowest BCUT2D eigenvalue weighted by Gasteiger charge is -2.12. The Kier molecular flexibility index (Phi) is 16.1. The minimum absolute atomic E-state index is 0. The molecule has 192 valence electrons. The van der Waals surface area contributed by atoms with E-state index in [1.807, 2.05) is 69.5 Å². The van der Waals surface area contributed by atoms with Crippen molar-refractivity contribution in [3.63, 3.8) is 0 Å². The summed E-state index contributed by atoms with van der Waals surface area (Å²) in [5, 5.41) is 2.03. The van der Waals surface area contributed by atoms with Gasteiger partial charge in [0.15, 0.2) is 0 Å². The number of hydrogen-bond acceptors (Lipinski definition) is 6. The quantitative estimate of drug-likeness (QED) is 0.334. The number of rotatable bonds is 5. The fourth-order valence-corrected chi connectivity index (χ4v) is 3.88. The molecule has 0 amide bonds. The summed E-state index contributed by atoms with van der Waals surface area (Å²) in [4.78, 5) is 21.4. The molecule has 3 aromatic rings. The van der Waals surface area contributed by atoms with Crippen LogP contribution in [0.15, 0.2) is 41.8 Å². The summed E-state index contributed by atoms with van der Waals surface area (Å²) in [7, 11) is 0. The zero-order valence-electron chi connectivity index (χ0n) is 18.1. The van der Waals surface area contributed by atoms with Gasteiger partial charge in [0.2, 0.25) is 5.88 Å². The molecule has 0 spiro atoms. The van der Waals surface area contributed by atoms with Crippen molar-refractivity contribution >= 4 is 28.3 Å². The third-order valence-corrected chi connectivity index (χ3v) is 5.57. The first kappa shape index (κ1) is 33.7. The summed E-state index contributed by atoms with van der Waals surface area (Å²) < 4.78 is 11.0. The molecule has 1 aliphatic rings. The van der Waals surface area contributed by atoms with Gasteiger partial charge in [0.05, 0.1) is 27.9 Å². The van der Waals surface area contributed by atoms with E-state index in [4.69, 9.17) is 14.5 Å². The fraction of sp³-hybridized carbons (Fsp3) is 0.536. The Morgan fingerprint density at radius 3 is 2.00 bits per heavy atom. The monoisotopic (exact) mass is 490 g/mol. The number of fused-ring (bicyclic) bond motifs is 1. The van der Waals surface area contributed by atoms with Gasteiger partial charge in [-0.15, -0.1) is 11.3 Å². The molecule has 5 nitrogen and oxygen atoms in total. The van der Waals surface area contributed by atoms with Gasteiger partial charge >= 0.3 is 5.97 Å². The molecule has 4 rings (SSSR count). The average molecular weight is 491 g/mol. The lowest BCUT2D eigenvalue weighted by molar-refractivity contribution is -0.152. The van der Waals surface area contributed by atoms with Crippen molar-refractivity contribution in [2.75, 3.05) is 0 Å². The Morgan fingerprint density at radius 1 is 0.912 bits per heavy atom. The van der Waals surface area contributed by atoms with Crippen LogP contribution in [0.25, 0.3) is 21.6 Å². The van der Waals surface area contributed by atoms with Gasteiger partial charge in [0, 0.05) is 0 Å². The molecule has 1 fully saturated rings. The molecule has 1 aromatic carbocycles. The van der Waals surface area contributed by atoms with Gasteiger partial charge in [-0.3, -0.25) is 4.79 Å². The molecule has 0 unspecified atom stereocenters. The molecule has 34 heavy (non-hydrogen) atoms. The smallest absolute Gasteiger partial charge is 0.308 e. The SMILES string of the molecule is C.C.C.C.CC(C)C(=O)OC1CCCC1.CC(C)Oc1nc2ccccc2nc1-c1cccs1. The number of ether oxygens (including phenoxy) is 2. The number of benzene rings is 1. The zero-order valence-corrected chi connectivity index (χ0v) is 18.9. The Labute approximate surface area is 212 Å². The van der Waals surface area contributed by atoms with Crippen molar-refractivity contribution in [3.8, 4) is 16.5 Å². The second kappa shape index (κ2) is 16.2. The normalized spacial score (nSPS) is 12.4. The molecule has 0 saturated heterocycles. The highest BCUT2D eigenvalue weighted by atomic mass is 32.1. The number of aromatic nitrogens is 2. The van der Waals surface area contributed by atoms with E-state index in [0.717, 1.165) is 34.4 Å². The van der Waals surface area contributed by atoms with Crippen molar-refractivity contribution in [1.29, 1.82) is 0 Å². The van der Waals surface area contributed by atoms with E-state index in [1.54, 1.807) is 11.3 Å². The molecule has 2 heterocycles. The molecule has 0 aliphatic heterocycles. The van der Waals surface area contributed by atoms with Crippen molar-refractivity contribution in [2.45, 2.75) is 95.3 Å². The predicted molar refractivity (Wildman–Crippen MR) is 149 cm³/mol. The van der Waals surface area contributed by atoms with Crippen molar-refractivity contribution < 1.29 is 14.3 Å². The summed E-state index contributed by atoms with van der Waals surface area (Å²) in [5.41, 5.74) is 2.57. The third-order valence-electron chi connectivity index (χ3n) is 4.70. The van der Waals surface area contributed by atoms with E-state index in [2.05, 4.69) is 4.98 Å². The van der Waals surface area contributed by atoms with Gasteiger partial charge in [0.1, 0.15) is 11.8 Å². The van der Waals surface area contributed by atoms with Crippen molar-refractivity contribution in [2.24, 2.45) is 5.92 Å². The van der Waals surface area contributed by atoms with Crippen LogP contribution < -0.4 is 4.74 Å². The number of esters is 1. The molecule has 0 bridgehead atoms. The van der Waals surface area contributed by atoms with E-state index in [0.29, 0.717) is 5.88 Å². The van der Waals surface area contributed by atoms with Crippen LogP contribution in [0.5, 0.6) is 5.88 Å². The minimum Gasteiger partial charge on any atom is -0.473 e. The van der Waals surface area contributed by atoms with Crippen LogP contribution in [0.3, 0.4) is 0 Å². The molecular formula is C28H46N2O3S. The van der Waals surface area contributed by atoms with Crippen LogP contribution in [-0.4, -0.2) is 28.1 Å². The van der Waals surface area contributed by atoms with Gasteiger partial charge in [-0.2, -0.15) is 0 Å². The Balaban J connectivity index is 0. The first-order valence-corrected chi connectivity index (χ1v) is 11.5. The Morgan fingerprint density at radius 2 is 1.50 bits per heavy atom. The first-order chi connectivity index (χ1) is 14.4. The maximum Gasteiger partial charge on any atom is 0.308 e. The topological polar surface area (TPSA) is 61.3 Å². The minimum atomic E-state index is -0.0445. The number of nitrogens with zero attached hydrogens (tertiary/aromatic N) is 2. The second-order valence-corrected chi connectivity index (χ2v) is 8.96. The lowest BCUT2D eigenvalue weighted by Crippen LogP contribution is -2.18. The molecule has 1 saturated carbocycles. The summed E-state index contributed by atoms with van der Waals surface area (Å²) in [6, 6.07) is 11.9. The van der Waals surface area contributed by atoms with Gasteiger partial charge in [-0.25, -0.2) is 9.97 Å². The molecular weight excluding hydrogens is 444 g/mol. The fourth-order valence-electron chi connectivity index (χ4n) is 3.17. The molecule has 6 heteroatoms.